The molecule has 0 spiro atoms. The lowest BCUT2D eigenvalue weighted by molar-refractivity contribution is -0.121. The number of aromatic hydroxyl groups is 1. The minimum atomic E-state index is -0.727. The van der Waals surface area contributed by atoms with Gasteiger partial charge in [-0.3, -0.25) is 9.59 Å². The van der Waals surface area contributed by atoms with Crippen LogP contribution in [0.25, 0.3) is 11.5 Å². The molecule has 1 atom stereocenters. The first kappa shape index (κ1) is 20.6. The highest BCUT2D eigenvalue weighted by Crippen LogP contribution is 2.35. The number of hydrogen-bond donors (Lipinski definition) is 1. The molecule has 31 heavy (non-hydrogen) atoms. The van der Waals surface area contributed by atoms with E-state index in [0.717, 1.165) is 16.7 Å². The van der Waals surface area contributed by atoms with Crippen molar-refractivity contribution < 1.29 is 28.6 Å². The molecule has 1 fully saturated rings. The number of amides is 2. The van der Waals surface area contributed by atoms with Crippen LogP contribution in [0.5, 0.6) is 5.75 Å². The van der Waals surface area contributed by atoms with Crippen molar-refractivity contribution in [3.8, 4) is 17.2 Å². The van der Waals surface area contributed by atoms with E-state index in [4.69, 9.17) is 9.15 Å². The summed E-state index contributed by atoms with van der Waals surface area (Å²) in [7, 11) is 0. The molecule has 0 saturated carbocycles. The number of benzene rings is 2. The van der Waals surface area contributed by atoms with Gasteiger partial charge in [-0.1, -0.05) is 23.9 Å². The Bertz CT molecular complexity index is 1140. The molecule has 9 nitrogen and oxygen atoms in total. The fourth-order valence-corrected chi connectivity index (χ4v) is 3.96. The van der Waals surface area contributed by atoms with E-state index in [0.29, 0.717) is 16.8 Å². The molecule has 2 amide bonds. The van der Waals surface area contributed by atoms with Crippen LogP contribution >= 0.6 is 11.8 Å². The van der Waals surface area contributed by atoms with E-state index >= 15 is 0 Å². The molecule has 1 aliphatic heterocycles. The van der Waals surface area contributed by atoms with Gasteiger partial charge in [0.2, 0.25) is 11.8 Å². The highest BCUT2D eigenvalue weighted by molar-refractivity contribution is 8.00. The normalized spacial score (nSPS) is 16.0. The SMILES string of the molecule is CCOC(=O)c1ccc(N2C(=O)CC(Sc3nnc(-c4ccccc4O)o3)C2=O)cc1. The van der Waals surface area contributed by atoms with E-state index in [2.05, 4.69) is 10.2 Å². The Morgan fingerprint density at radius 3 is 2.65 bits per heavy atom. The van der Waals surface area contributed by atoms with Crippen molar-refractivity contribution in [2.75, 3.05) is 11.5 Å². The minimum Gasteiger partial charge on any atom is -0.507 e. The van der Waals surface area contributed by atoms with Gasteiger partial charge in [-0.15, -0.1) is 10.2 Å². The summed E-state index contributed by atoms with van der Waals surface area (Å²) in [5.41, 5.74) is 1.07. The quantitative estimate of drug-likeness (QED) is 0.456. The van der Waals surface area contributed by atoms with Gasteiger partial charge in [0.1, 0.15) is 11.0 Å². The van der Waals surface area contributed by atoms with Gasteiger partial charge < -0.3 is 14.3 Å². The molecule has 3 aromatic rings. The van der Waals surface area contributed by atoms with E-state index in [1.54, 1.807) is 25.1 Å². The number of nitrogens with zero attached hydrogens (tertiary/aromatic N) is 3. The molecular formula is C21H17N3O6S. The van der Waals surface area contributed by atoms with E-state index in [1.807, 2.05) is 0 Å². The van der Waals surface area contributed by atoms with Gasteiger partial charge in [0.15, 0.2) is 0 Å². The molecule has 1 aliphatic rings. The van der Waals surface area contributed by atoms with E-state index in [-0.39, 0.29) is 35.8 Å². The Labute approximate surface area is 181 Å². The summed E-state index contributed by atoms with van der Waals surface area (Å²) in [6, 6.07) is 12.6. The maximum atomic E-state index is 12.8. The molecule has 2 heterocycles. The Balaban J connectivity index is 1.48. The van der Waals surface area contributed by atoms with E-state index < -0.39 is 17.1 Å². The summed E-state index contributed by atoms with van der Waals surface area (Å²) in [6.45, 7) is 1.96. The van der Waals surface area contributed by atoms with Crippen LogP contribution in [0.15, 0.2) is 58.2 Å². The zero-order chi connectivity index (χ0) is 22.0. The smallest absolute Gasteiger partial charge is 0.338 e. The van der Waals surface area contributed by atoms with Gasteiger partial charge >= 0.3 is 5.97 Å². The Morgan fingerprint density at radius 2 is 1.94 bits per heavy atom. The molecule has 1 saturated heterocycles. The predicted molar refractivity (Wildman–Crippen MR) is 111 cm³/mol. The summed E-state index contributed by atoms with van der Waals surface area (Å²) in [5.74, 6) is -1.15. The van der Waals surface area contributed by atoms with Gasteiger partial charge in [0.25, 0.3) is 11.1 Å². The third kappa shape index (κ3) is 4.15. The molecule has 2 aromatic carbocycles. The fraction of sp³-hybridized carbons (Fsp3) is 0.190. The van der Waals surface area contributed by atoms with Crippen LogP contribution in [-0.2, 0) is 14.3 Å². The van der Waals surface area contributed by atoms with Crippen LogP contribution in [-0.4, -0.2) is 44.9 Å². The number of imide groups is 1. The molecule has 158 valence electrons. The van der Waals surface area contributed by atoms with Crippen molar-refractivity contribution in [2.45, 2.75) is 23.8 Å². The van der Waals surface area contributed by atoms with Crippen molar-refractivity contribution in [3.63, 3.8) is 0 Å². The Hall–Kier alpha value is -3.66. The standard InChI is InChI=1S/C21H17N3O6S/c1-2-29-20(28)12-7-9-13(10-8-12)24-17(26)11-16(19(24)27)31-21-23-22-18(30-21)14-5-3-4-6-15(14)25/h3-10,16,25H,2,11H2,1H3. The van der Waals surface area contributed by atoms with E-state index in [9.17, 15) is 19.5 Å². The number of ether oxygens (including phenoxy) is 1. The number of rotatable bonds is 6. The molecule has 0 radical (unpaired) electrons. The average Bonchev–Trinajstić information content (AvgIpc) is 3.33. The van der Waals surface area contributed by atoms with Crippen molar-refractivity contribution >= 4 is 35.2 Å². The topological polar surface area (TPSA) is 123 Å². The fourth-order valence-electron chi connectivity index (χ4n) is 3.07. The summed E-state index contributed by atoms with van der Waals surface area (Å²) in [6.07, 6.45) is -0.0303. The summed E-state index contributed by atoms with van der Waals surface area (Å²) in [4.78, 5) is 38.2. The van der Waals surface area contributed by atoms with E-state index in [1.165, 1.54) is 30.3 Å². The van der Waals surface area contributed by atoms with Crippen molar-refractivity contribution in [1.29, 1.82) is 0 Å². The van der Waals surface area contributed by atoms with Crippen LogP contribution in [0.3, 0.4) is 0 Å². The van der Waals surface area contributed by atoms with Crippen LogP contribution < -0.4 is 4.90 Å². The van der Waals surface area contributed by atoms with Crippen molar-refractivity contribution in [2.24, 2.45) is 0 Å². The van der Waals surface area contributed by atoms with Crippen molar-refractivity contribution in [3.05, 3.63) is 54.1 Å². The molecular weight excluding hydrogens is 422 g/mol. The third-order valence-corrected chi connectivity index (χ3v) is 5.55. The van der Waals surface area contributed by atoms with Crippen LogP contribution in [0.1, 0.15) is 23.7 Å². The number of carbonyl (C=O) groups excluding carboxylic acids is 3. The summed E-state index contributed by atoms with van der Waals surface area (Å²) >= 11 is 0.989. The molecule has 0 aliphatic carbocycles. The second kappa shape index (κ2) is 8.60. The van der Waals surface area contributed by atoms with Crippen LogP contribution in [0.2, 0.25) is 0 Å². The molecule has 4 rings (SSSR count). The van der Waals surface area contributed by atoms with Gasteiger partial charge in [-0.05, 0) is 43.3 Å². The number of thioether (sulfide) groups is 1. The van der Waals surface area contributed by atoms with Gasteiger partial charge in [-0.25, -0.2) is 9.69 Å². The molecule has 1 aromatic heterocycles. The largest absolute Gasteiger partial charge is 0.507 e. The highest BCUT2D eigenvalue weighted by Gasteiger charge is 2.41. The summed E-state index contributed by atoms with van der Waals surface area (Å²) in [5, 5.41) is 17.1. The number of hydrogen-bond acceptors (Lipinski definition) is 9. The second-order valence-electron chi connectivity index (χ2n) is 6.54. The average molecular weight is 439 g/mol. The first-order valence-electron chi connectivity index (χ1n) is 9.40. The minimum absolute atomic E-state index is 0.00717. The van der Waals surface area contributed by atoms with Crippen LogP contribution in [0, 0.1) is 0 Å². The second-order valence-corrected chi connectivity index (χ2v) is 7.69. The number of esters is 1. The monoisotopic (exact) mass is 439 g/mol. The van der Waals surface area contributed by atoms with Gasteiger partial charge in [0.05, 0.1) is 23.4 Å². The zero-order valence-electron chi connectivity index (χ0n) is 16.3. The molecule has 1 N–H and O–H groups in total. The lowest BCUT2D eigenvalue weighted by Gasteiger charge is -2.14. The summed E-state index contributed by atoms with van der Waals surface area (Å²) < 4.78 is 10.5. The number of anilines is 1. The number of phenols is 1. The lowest BCUT2D eigenvalue weighted by atomic mass is 10.2. The predicted octanol–water partition coefficient (Wildman–Crippen LogP) is 3.04. The van der Waals surface area contributed by atoms with Crippen LogP contribution in [0.4, 0.5) is 5.69 Å². The Morgan fingerprint density at radius 1 is 1.19 bits per heavy atom. The highest BCUT2D eigenvalue weighted by atomic mass is 32.2. The first-order valence-corrected chi connectivity index (χ1v) is 10.3. The number of aromatic nitrogens is 2. The maximum absolute atomic E-state index is 12.8. The number of para-hydroxylation sites is 1. The number of carbonyl (C=O) groups is 3. The van der Waals surface area contributed by atoms with Gasteiger partial charge in [-0.2, -0.15) is 0 Å². The molecule has 0 bridgehead atoms. The zero-order valence-corrected chi connectivity index (χ0v) is 17.2. The Kier molecular flexibility index (Phi) is 5.72. The molecule has 10 heteroatoms. The maximum Gasteiger partial charge on any atom is 0.338 e. The number of phenolic OH excluding ortho intramolecular Hbond substituents is 1. The van der Waals surface area contributed by atoms with Gasteiger partial charge in [0, 0.05) is 6.42 Å². The van der Waals surface area contributed by atoms with Crippen molar-refractivity contribution in [1.82, 2.24) is 10.2 Å². The molecule has 1 unspecified atom stereocenters. The first-order chi connectivity index (χ1) is 15.0. The third-order valence-electron chi connectivity index (χ3n) is 4.53. The lowest BCUT2D eigenvalue weighted by Crippen LogP contribution is -2.31.